The molecular formula is C15H21N. The Morgan fingerprint density at radius 2 is 2.12 bits per heavy atom. The fraction of sp³-hybridized carbons (Fsp3) is 0.333. The molecule has 0 aliphatic heterocycles. The lowest BCUT2D eigenvalue weighted by atomic mass is 10.0. The summed E-state index contributed by atoms with van der Waals surface area (Å²) in [5.74, 6) is 0. The van der Waals surface area contributed by atoms with E-state index in [1.807, 2.05) is 19.1 Å². The van der Waals surface area contributed by atoms with Gasteiger partial charge in [0, 0.05) is 6.04 Å². The van der Waals surface area contributed by atoms with Gasteiger partial charge in [0.2, 0.25) is 0 Å². The predicted octanol–water partition coefficient (Wildman–Crippen LogP) is 3.56. The van der Waals surface area contributed by atoms with Gasteiger partial charge in [0.15, 0.2) is 0 Å². The molecular weight excluding hydrogens is 194 g/mol. The molecule has 0 spiro atoms. The summed E-state index contributed by atoms with van der Waals surface area (Å²) in [5, 5.41) is 0. The average Bonchev–Trinajstić information content (AvgIpc) is 2.30. The van der Waals surface area contributed by atoms with Crippen LogP contribution in [-0.2, 0) is 6.42 Å². The highest BCUT2D eigenvalue weighted by molar-refractivity contribution is 5.52. The molecule has 16 heavy (non-hydrogen) atoms. The minimum absolute atomic E-state index is 0.273. The molecule has 0 unspecified atom stereocenters. The van der Waals surface area contributed by atoms with Crippen molar-refractivity contribution >= 4 is 6.08 Å². The van der Waals surface area contributed by atoms with Crippen LogP contribution >= 0.6 is 0 Å². The lowest BCUT2D eigenvalue weighted by Crippen LogP contribution is -2.21. The molecule has 1 aromatic rings. The van der Waals surface area contributed by atoms with Crippen LogP contribution in [0.3, 0.4) is 0 Å². The predicted molar refractivity (Wildman–Crippen MR) is 72.3 cm³/mol. The first-order chi connectivity index (χ1) is 7.76. The first-order valence-electron chi connectivity index (χ1n) is 5.90. The molecule has 0 heterocycles. The zero-order valence-electron chi connectivity index (χ0n) is 10.2. The van der Waals surface area contributed by atoms with Crippen LogP contribution in [0.15, 0.2) is 42.5 Å². The number of allylic oxidation sites excluding steroid dienone is 3. The number of rotatable bonds is 5. The molecule has 0 saturated carbocycles. The third kappa shape index (κ3) is 4.45. The molecule has 0 radical (unpaired) electrons. The Bertz CT molecular complexity index is 363. The Morgan fingerprint density at radius 3 is 2.81 bits per heavy atom. The van der Waals surface area contributed by atoms with Crippen LogP contribution in [0.5, 0.6) is 0 Å². The van der Waals surface area contributed by atoms with E-state index < -0.39 is 0 Å². The van der Waals surface area contributed by atoms with E-state index in [0.29, 0.717) is 0 Å². The summed E-state index contributed by atoms with van der Waals surface area (Å²) in [6.45, 7) is 4.14. The van der Waals surface area contributed by atoms with Crippen molar-refractivity contribution in [3.63, 3.8) is 0 Å². The average molecular weight is 215 g/mol. The van der Waals surface area contributed by atoms with Crippen molar-refractivity contribution in [2.24, 2.45) is 5.73 Å². The van der Waals surface area contributed by atoms with Crippen LogP contribution in [0.2, 0.25) is 0 Å². The maximum Gasteiger partial charge on any atom is 0.00767 e. The van der Waals surface area contributed by atoms with Gasteiger partial charge in [-0.05, 0) is 30.9 Å². The standard InChI is InChI=1S/C15H21N/c1-3-5-6-8-13-9-7-10-14(11-13)12-15(16)4-2/h3,5-11,15H,4,12,16H2,1-2H3/b5-3-,8-6-/t15-/m1/s1. The van der Waals surface area contributed by atoms with E-state index in [1.54, 1.807) is 0 Å². The Labute approximate surface area is 98.7 Å². The minimum Gasteiger partial charge on any atom is -0.327 e. The molecule has 1 rings (SSSR count). The van der Waals surface area contributed by atoms with Crippen molar-refractivity contribution in [1.29, 1.82) is 0 Å². The Hall–Kier alpha value is -1.34. The summed E-state index contributed by atoms with van der Waals surface area (Å²) in [5.41, 5.74) is 8.50. The lowest BCUT2D eigenvalue weighted by Gasteiger charge is -2.08. The number of benzene rings is 1. The summed E-state index contributed by atoms with van der Waals surface area (Å²) >= 11 is 0. The monoisotopic (exact) mass is 215 g/mol. The molecule has 86 valence electrons. The molecule has 0 aliphatic rings. The maximum atomic E-state index is 5.95. The van der Waals surface area contributed by atoms with Crippen LogP contribution in [0.4, 0.5) is 0 Å². The van der Waals surface area contributed by atoms with Gasteiger partial charge in [-0.15, -0.1) is 0 Å². The van der Waals surface area contributed by atoms with E-state index >= 15 is 0 Å². The number of nitrogens with two attached hydrogens (primary N) is 1. The van der Waals surface area contributed by atoms with E-state index in [2.05, 4.69) is 43.3 Å². The smallest absolute Gasteiger partial charge is 0.00767 e. The van der Waals surface area contributed by atoms with Gasteiger partial charge in [-0.2, -0.15) is 0 Å². The van der Waals surface area contributed by atoms with Gasteiger partial charge in [-0.25, -0.2) is 0 Å². The van der Waals surface area contributed by atoms with Crippen molar-refractivity contribution in [3.8, 4) is 0 Å². The fourth-order valence-electron chi connectivity index (χ4n) is 1.55. The Kier molecular flexibility index (Phi) is 5.58. The van der Waals surface area contributed by atoms with E-state index in [9.17, 15) is 0 Å². The highest BCUT2D eigenvalue weighted by Crippen LogP contribution is 2.10. The lowest BCUT2D eigenvalue weighted by molar-refractivity contribution is 0.646. The molecule has 0 bridgehead atoms. The molecule has 0 aromatic heterocycles. The van der Waals surface area contributed by atoms with Gasteiger partial charge in [0.25, 0.3) is 0 Å². The van der Waals surface area contributed by atoms with Crippen LogP contribution in [-0.4, -0.2) is 6.04 Å². The molecule has 1 atom stereocenters. The summed E-state index contributed by atoms with van der Waals surface area (Å²) in [7, 11) is 0. The van der Waals surface area contributed by atoms with Crippen molar-refractivity contribution in [3.05, 3.63) is 53.6 Å². The van der Waals surface area contributed by atoms with E-state index in [1.165, 1.54) is 11.1 Å². The van der Waals surface area contributed by atoms with Crippen LogP contribution < -0.4 is 5.73 Å². The molecule has 2 N–H and O–H groups in total. The second-order valence-corrected chi connectivity index (χ2v) is 4.00. The Balaban J connectivity index is 2.70. The largest absolute Gasteiger partial charge is 0.327 e. The van der Waals surface area contributed by atoms with Crippen LogP contribution in [0, 0.1) is 0 Å². The third-order valence-corrected chi connectivity index (χ3v) is 2.57. The normalized spacial score (nSPS) is 13.7. The van der Waals surface area contributed by atoms with E-state index in [4.69, 9.17) is 5.73 Å². The van der Waals surface area contributed by atoms with Gasteiger partial charge in [0.05, 0.1) is 0 Å². The van der Waals surface area contributed by atoms with E-state index in [-0.39, 0.29) is 6.04 Å². The maximum absolute atomic E-state index is 5.95. The summed E-state index contributed by atoms with van der Waals surface area (Å²) in [6, 6.07) is 8.82. The molecule has 0 amide bonds. The zero-order chi connectivity index (χ0) is 11.8. The highest BCUT2D eigenvalue weighted by atomic mass is 14.6. The summed E-state index contributed by atoms with van der Waals surface area (Å²) < 4.78 is 0. The fourth-order valence-corrected chi connectivity index (χ4v) is 1.55. The minimum atomic E-state index is 0.273. The van der Waals surface area contributed by atoms with Gasteiger partial charge < -0.3 is 5.73 Å². The van der Waals surface area contributed by atoms with Gasteiger partial charge in [-0.3, -0.25) is 0 Å². The SMILES string of the molecule is C/C=C\C=C/c1cccc(C[C@H](N)CC)c1. The summed E-state index contributed by atoms with van der Waals surface area (Å²) in [6.07, 6.45) is 10.2. The molecule has 0 saturated heterocycles. The number of hydrogen-bond acceptors (Lipinski definition) is 1. The second kappa shape index (κ2) is 7.02. The second-order valence-electron chi connectivity index (χ2n) is 4.00. The van der Waals surface area contributed by atoms with Crippen LogP contribution in [0.25, 0.3) is 6.08 Å². The first kappa shape index (κ1) is 12.7. The van der Waals surface area contributed by atoms with Crippen molar-refractivity contribution < 1.29 is 0 Å². The molecule has 1 aromatic carbocycles. The van der Waals surface area contributed by atoms with Gasteiger partial charge >= 0.3 is 0 Å². The zero-order valence-corrected chi connectivity index (χ0v) is 10.2. The van der Waals surface area contributed by atoms with Crippen molar-refractivity contribution in [2.45, 2.75) is 32.7 Å². The quantitative estimate of drug-likeness (QED) is 0.747. The Morgan fingerprint density at radius 1 is 1.31 bits per heavy atom. The van der Waals surface area contributed by atoms with Crippen molar-refractivity contribution in [2.75, 3.05) is 0 Å². The van der Waals surface area contributed by atoms with Gasteiger partial charge in [0.1, 0.15) is 0 Å². The van der Waals surface area contributed by atoms with Crippen LogP contribution in [0.1, 0.15) is 31.4 Å². The van der Waals surface area contributed by atoms with Crippen molar-refractivity contribution in [1.82, 2.24) is 0 Å². The third-order valence-electron chi connectivity index (χ3n) is 2.57. The van der Waals surface area contributed by atoms with E-state index in [0.717, 1.165) is 12.8 Å². The molecule has 1 heteroatoms. The highest BCUT2D eigenvalue weighted by Gasteiger charge is 2.00. The topological polar surface area (TPSA) is 26.0 Å². The molecule has 1 nitrogen and oxygen atoms in total. The number of hydrogen-bond donors (Lipinski definition) is 1. The van der Waals surface area contributed by atoms with Gasteiger partial charge in [-0.1, -0.05) is 55.5 Å². The molecule has 0 aliphatic carbocycles. The summed E-state index contributed by atoms with van der Waals surface area (Å²) in [4.78, 5) is 0. The first-order valence-corrected chi connectivity index (χ1v) is 5.90. The molecule has 0 fully saturated rings.